The number of rotatable bonds is 8. The number of methoxy groups -OCH3 is 3. The molecule has 0 aliphatic heterocycles. The Balaban J connectivity index is 2.70. The number of carbonyl (C=O) groups excluding carboxylic acids is 2. The first-order valence-electron chi connectivity index (χ1n) is 11.4. The average Bonchev–Trinajstić information content (AvgIpc) is 2.82. The Morgan fingerprint density at radius 3 is 1.03 bits per heavy atom. The predicted octanol–water partition coefficient (Wildman–Crippen LogP) is 3.18. The Labute approximate surface area is 214 Å². The quantitative estimate of drug-likeness (QED) is 0.336. The predicted molar refractivity (Wildman–Crippen MR) is 141 cm³/mol. The van der Waals surface area contributed by atoms with Gasteiger partial charge < -0.3 is 0 Å². The normalized spacial score (nSPS) is 12.2. The van der Waals surface area contributed by atoms with E-state index in [1.54, 1.807) is 39.5 Å². The number of benzene rings is 3. The second-order valence-electron chi connectivity index (χ2n) is 8.58. The van der Waals surface area contributed by atoms with E-state index >= 15 is 0 Å². The number of carbonyl (C=O) groups is 2. The van der Waals surface area contributed by atoms with E-state index in [4.69, 9.17) is 19.8 Å². The molecule has 3 aromatic carbocycles. The number of aryl methyl sites for hydroxylation is 3. The summed E-state index contributed by atoms with van der Waals surface area (Å²) >= 11 is -6.15. The fraction of sp³-hybridized carbons (Fsp3) is 0.286. The summed E-state index contributed by atoms with van der Waals surface area (Å²) in [5.41, 5.74) is 2.32. The molecule has 0 aliphatic carbocycles. The van der Waals surface area contributed by atoms with E-state index in [1.165, 1.54) is 13.8 Å². The van der Waals surface area contributed by atoms with E-state index < -0.39 is 31.6 Å². The molecule has 0 radical (unpaired) electrons. The molecular formula is C28H33BiO7. The van der Waals surface area contributed by atoms with Gasteiger partial charge in [-0.1, -0.05) is 0 Å². The van der Waals surface area contributed by atoms with Gasteiger partial charge >= 0.3 is 215 Å². The Bertz CT molecular complexity index is 1160. The van der Waals surface area contributed by atoms with E-state index in [-0.39, 0.29) is 0 Å². The maximum absolute atomic E-state index is 13.0. The molecule has 0 saturated carbocycles. The van der Waals surface area contributed by atoms with Crippen molar-refractivity contribution < 1.29 is 29.4 Å². The summed E-state index contributed by atoms with van der Waals surface area (Å²) in [5.74, 6) is 0.802. The van der Waals surface area contributed by atoms with Crippen molar-refractivity contribution in [2.75, 3.05) is 21.3 Å². The molecule has 3 rings (SSSR count). The molecule has 0 spiro atoms. The molecule has 36 heavy (non-hydrogen) atoms. The molecule has 8 heteroatoms. The summed E-state index contributed by atoms with van der Waals surface area (Å²) in [5, 5.41) is 0. The topological polar surface area (TPSA) is 80.3 Å². The number of ether oxygens (including phenoxy) is 3. The second-order valence-corrected chi connectivity index (χ2v) is 23.1. The van der Waals surface area contributed by atoms with Gasteiger partial charge in [0.2, 0.25) is 0 Å². The molecule has 0 saturated heterocycles. The van der Waals surface area contributed by atoms with Crippen LogP contribution in [-0.4, -0.2) is 52.9 Å². The molecule has 0 heterocycles. The van der Waals surface area contributed by atoms with E-state index in [1.807, 2.05) is 57.2 Å². The first-order chi connectivity index (χ1) is 17.0. The van der Waals surface area contributed by atoms with Crippen LogP contribution < -0.4 is 24.0 Å². The molecule has 0 fully saturated rings. The van der Waals surface area contributed by atoms with Gasteiger partial charge in [-0.2, -0.15) is 0 Å². The summed E-state index contributed by atoms with van der Waals surface area (Å²) in [6.07, 6.45) is 0. The molecule has 192 valence electrons. The zero-order valence-electron chi connectivity index (χ0n) is 22.0. The van der Waals surface area contributed by atoms with Crippen molar-refractivity contribution in [1.29, 1.82) is 0 Å². The third-order valence-electron chi connectivity index (χ3n) is 6.13. The van der Waals surface area contributed by atoms with Crippen LogP contribution in [0.3, 0.4) is 0 Å². The van der Waals surface area contributed by atoms with Crippen LogP contribution in [0.2, 0.25) is 0 Å². The summed E-state index contributed by atoms with van der Waals surface area (Å²) in [7, 11) is 4.75. The molecule has 3 aromatic rings. The van der Waals surface area contributed by atoms with Crippen LogP contribution >= 0.6 is 0 Å². The Kier molecular flexibility index (Phi) is 7.99. The molecule has 0 aromatic heterocycles. The molecule has 0 aliphatic rings. The maximum atomic E-state index is 13.0. The first-order valence-corrected chi connectivity index (χ1v) is 19.5. The molecular weight excluding hydrogens is 657 g/mol. The van der Waals surface area contributed by atoms with Crippen molar-refractivity contribution in [3.63, 3.8) is 0 Å². The SMILES string of the molecule is COc1cc[c]([Bi]([O]C(C)=O)([O]C(C)=O)([c]2ccc(OC)cc2C)[c]2ccc(OC)cc2C)c(C)c1. The molecule has 0 N–H and O–H groups in total. The summed E-state index contributed by atoms with van der Waals surface area (Å²) in [6, 6.07) is 16.5. The second kappa shape index (κ2) is 10.5. The van der Waals surface area contributed by atoms with Crippen molar-refractivity contribution in [1.82, 2.24) is 0 Å². The molecule has 0 amide bonds. The van der Waals surface area contributed by atoms with Crippen molar-refractivity contribution in [2.24, 2.45) is 0 Å². The van der Waals surface area contributed by atoms with E-state index in [0.717, 1.165) is 16.7 Å². The van der Waals surface area contributed by atoms with E-state index in [9.17, 15) is 9.59 Å². The van der Waals surface area contributed by atoms with Crippen molar-refractivity contribution in [3.8, 4) is 17.2 Å². The van der Waals surface area contributed by atoms with Crippen LogP contribution in [0.1, 0.15) is 30.5 Å². The average molecular weight is 691 g/mol. The molecule has 0 bridgehead atoms. The van der Waals surface area contributed by atoms with Crippen LogP contribution in [0.4, 0.5) is 0 Å². The standard InChI is InChI=1S/3C8H9O.2C2H4O2.Bi/c3*1-7-4-3-5-8(6-7)9-2;2*1-2(3)4;/h3*3,5-6H,1-2H3;2*1H3,(H,3,4);/q;;;;;+2/p-2. The summed E-state index contributed by atoms with van der Waals surface area (Å²) < 4.78 is 31.5. The van der Waals surface area contributed by atoms with E-state index in [2.05, 4.69) is 0 Å². The van der Waals surface area contributed by atoms with Gasteiger partial charge in [-0.25, -0.2) is 0 Å². The van der Waals surface area contributed by atoms with Gasteiger partial charge in [0.1, 0.15) is 0 Å². The van der Waals surface area contributed by atoms with Gasteiger partial charge in [-0.3, -0.25) is 0 Å². The minimum atomic E-state index is -6.15. The van der Waals surface area contributed by atoms with Gasteiger partial charge in [0, 0.05) is 0 Å². The zero-order valence-corrected chi connectivity index (χ0v) is 25.5. The minimum absolute atomic E-state index is 0.551. The molecule has 0 unspecified atom stereocenters. The van der Waals surface area contributed by atoms with Crippen LogP contribution in [-0.2, 0) is 15.2 Å². The summed E-state index contributed by atoms with van der Waals surface area (Å²) in [4.78, 5) is 26.1. The fourth-order valence-corrected chi connectivity index (χ4v) is 26.4. The van der Waals surface area contributed by atoms with Crippen LogP contribution in [0.15, 0.2) is 54.6 Å². The Hall–Kier alpha value is -3.12. The first kappa shape index (κ1) is 27.5. The van der Waals surface area contributed by atoms with Crippen molar-refractivity contribution in [3.05, 3.63) is 71.3 Å². The van der Waals surface area contributed by atoms with Crippen LogP contribution in [0, 0.1) is 20.8 Å². The molecule has 7 nitrogen and oxygen atoms in total. The van der Waals surface area contributed by atoms with E-state index in [0.29, 0.717) is 27.1 Å². The Morgan fingerprint density at radius 1 is 0.556 bits per heavy atom. The van der Waals surface area contributed by atoms with Gasteiger partial charge in [0.25, 0.3) is 0 Å². The fourth-order valence-electron chi connectivity index (χ4n) is 4.83. The van der Waals surface area contributed by atoms with Gasteiger partial charge in [-0.15, -0.1) is 0 Å². The monoisotopic (exact) mass is 690 g/mol. The number of hydrogen-bond donors (Lipinski definition) is 0. The van der Waals surface area contributed by atoms with Gasteiger partial charge in [0.15, 0.2) is 0 Å². The Morgan fingerprint density at radius 2 is 0.833 bits per heavy atom. The van der Waals surface area contributed by atoms with Crippen molar-refractivity contribution >= 4 is 41.4 Å². The van der Waals surface area contributed by atoms with Crippen LogP contribution in [0.25, 0.3) is 0 Å². The van der Waals surface area contributed by atoms with Crippen LogP contribution in [0.5, 0.6) is 17.2 Å². The molecule has 0 atom stereocenters. The van der Waals surface area contributed by atoms with Crippen molar-refractivity contribution in [2.45, 2.75) is 34.6 Å². The van der Waals surface area contributed by atoms with Gasteiger partial charge in [0.05, 0.1) is 0 Å². The third-order valence-corrected chi connectivity index (χ3v) is 26.9. The van der Waals surface area contributed by atoms with Gasteiger partial charge in [-0.05, 0) is 0 Å². The third kappa shape index (κ3) is 4.55. The zero-order chi connectivity index (χ0) is 26.7. The summed E-state index contributed by atoms with van der Waals surface area (Å²) in [6.45, 7) is 8.38. The number of hydrogen-bond acceptors (Lipinski definition) is 7.